The van der Waals surface area contributed by atoms with Gasteiger partial charge in [0.1, 0.15) is 5.75 Å². The van der Waals surface area contributed by atoms with Gasteiger partial charge >= 0.3 is 11.7 Å². The van der Waals surface area contributed by atoms with E-state index >= 15 is 0 Å². The van der Waals surface area contributed by atoms with E-state index in [1.807, 2.05) is 20.8 Å². The maximum Gasteiger partial charge on any atom is 0.337 e. The maximum absolute atomic E-state index is 12.8. The molecule has 30 heavy (non-hydrogen) atoms. The number of esters is 1. The van der Waals surface area contributed by atoms with Crippen LogP contribution in [0.5, 0.6) is 11.5 Å². The molecular formula is C21H24N2O7. The number of nitrogens with one attached hydrogen (secondary N) is 1. The van der Waals surface area contributed by atoms with Gasteiger partial charge in [-0.1, -0.05) is 6.92 Å². The average Bonchev–Trinajstić information content (AvgIpc) is 2.71. The summed E-state index contributed by atoms with van der Waals surface area (Å²) in [5, 5.41) is 13.9. The van der Waals surface area contributed by atoms with Crippen molar-refractivity contribution in [2.24, 2.45) is 0 Å². The number of benzene rings is 2. The van der Waals surface area contributed by atoms with Crippen LogP contribution in [-0.2, 0) is 4.74 Å². The average molecular weight is 416 g/mol. The molecule has 0 fully saturated rings. The Kier molecular flexibility index (Phi) is 7.74. The van der Waals surface area contributed by atoms with Crippen LogP contribution >= 0.6 is 0 Å². The number of carbonyl (C=O) groups is 2. The van der Waals surface area contributed by atoms with Gasteiger partial charge in [-0.05, 0) is 44.5 Å². The molecule has 160 valence electrons. The zero-order valence-corrected chi connectivity index (χ0v) is 17.3. The molecule has 0 unspecified atom stereocenters. The highest BCUT2D eigenvalue weighted by molar-refractivity contribution is 6.06. The number of nitrogens with zero attached hydrogens (tertiary/aromatic N) is 1. The first-order valence-electron chi connectivity index (χ1n) is 9.38. The molecule has 1 amide bonds. The predicted molar refractivity (Wildman–Crippen MR) is 110 cm³/mol. The van der Waals surface area contributed by atoms with Crippen molar-refractivity contribution in [3.05, 3.63) is 57.6 Å². The predicted octanol–water partition coefficient (Wildman–Crippen LogP) is 4.21. The van der Waals surface area contributed by atoms with Gasteiger partial charge in [-0.25, -0.2) is 4.79 Å². The lowest BCUT2D eigenvalue weighted by atomic mass is 10.1. The Morgan fingerprint density at radius 2 is 1.77 bits per heavy atom. The molecule has 0 spiro atoms. The van der Waals surface area contributed by atoms with Crippen LogP contribution in [0.3, 0.4) is 0 Å². The van der Waals surface area contributed by atoms with Crippen molar-refractivity contribution in [2.75, 3.05) is 19.0 Å². The molecule has 0 radical (unpaired) electrons. The van der Waals surface area contributed by atoms with Gasteiger partial charge in [0, 0.05) is 17.7 Å². The van der Waals surface area contributed by atoms with E-state index in [4.69, 9.17) is 14.2 Å². The molecule has 0 heterocycles. The first kappa shape index (κ1) is 22.7. The SMILES string of the molecule is CCCOc1cc(C(=O)Nc2ccc(C(=O)OC)cc2OC(C)C)ccc1[N+](=O)[O-]. The van der Waals surface area contributed by atoms with Crippen LogP contribution < -0.4 is 14.8 Å². The number of rotatable bonds is 9. The summed E-state index contributed by atoms with van der Waals surface area (Å²) >= 11 is 0. The quantitative estimate of drug-likeness (QED) is 0.370. The van der Waals surface area contributed by atoms with Crippen LogP contribution in [-0.4, -0.2) is 36.6 Å². The summed E-state index contributed by atoms with van der Waals surface area (Å²) in [4.78, 5) is 35.2. The topological polar surface area (TPSA) is 117 Å². The fourth-order valence-electron chi connectivity index (χ4n) is 2.55. The van der Waals surface area contributed by atoms with Gasteiger partial charge in [-0.2, -0.15) is 0 Å². The Morgan fingerprint density at radius 3 is 2.37 bits per heavy atom. The molecule has 9 heteroatoms. The van der Waals surface area contributed by atoms with Crippen LogP contribution in [0.4, 0.5) is 11.4 Å². The second-order valence-corrected chi connectivity index (χ2v) is 6.61. The minimum Gasteiger partial charge on any atom is -0.489 e. The van der Waals surface area contributed by atoms with Crippen molar-refractivity contribution < 1.29 is 28.7 Å². The monoisotopic (exact) mass is 416 g/mol. The summed E-state index contributed by atoms with van der Waals surface area (Å²) in [6.45, 7) is 5.78. The van der Waals surface area contributed by atoms with Crippen molar-refractivity contribution >= 4 is 23.3 Å². The standard InChI is InChI=1S/C21H24N2O7/c1-5-10-29-19-11-14(7-9-17(19)23(26)27)20(24)22-16-8-6-15(21(25)28-4)12-18(16)30-13(2)3/h6-9,11-13H,5,10H2,1-4H3,(H,22,24). The normalized spacial score (nSPS) is 10.4. The van der Waals surface area contributed by atoms with Crippen LogP contribution in [0.2, 0.25) is 0 Å². The molecular weight excluding hydrogens is 392 g/mol. The Balaban J connectivity index is 2.34. The molecule has 0 bridgehead atoms. The minimum absolute atomic E-state index is 0.0224. The number of ether oxygens (including phenoxy) is 3. The lowest BCUT2D eigenvalue weighted by Crippen LogP contribution is -2.15. The number of anilines is 1. The summed E-state index contributed by atoms with van der Waals surface area (Å²) in [6.07, 6.45) is 0.456. The van der Waals surface area contributed by atoms with E-state index in [1.54, 1.807) is 0 Å². The van der Waals surface area contributed by atoms with Crippen molar-refractivity contribution in [3.8, 4) is 11.5 Å². The second-order valence-electron chi connectivity index (χ2n) is 6.61. The van der Waals surface area contributed by atoms with Crippen molar-refractivity contribution in [1.82, 2.24) is 0 Å². The lowest BCUT2D eigenvalue weighted by Gasteiger charge is -2.16. The zero-order chi connectivity index (χ0) is 22.3. The van der Waals surface area contributed by atoms with Crippen molar-refractivity contribution in [3.63, 3.8) is 0 Å². The van der Waals surface area contributed by atoms with E-state index in [2.05, 4.69) is 5.32 Å². The van der Waals surface area contributed by atoms with E-state index in [0.29, 0.717) is 17.9 Å². The fraction of sp³-hybridized carbons (Fsp3) is 0.333. The minimum atomic E-state index is -0.563. The number of hydrogen-bond donors (Lipinski definition) is 1. The van der Waals surface area contributed by atoms with Crippen LogP contribution in [0, 0.1) is 10.1 Å². The Labute approximate surface area is 174 Å². The van der Waals surface area contributed by atoms with Gasteiger partial charge in [0.15, 0.2) is 5.75 Å². The zero-order valence-electron chi connectivity index (χ0n) is 17.3. The lowest BCUT2D eigenvalue weighted by molar-refractivity contribution is -0.385. The Hall–Kier alpha value is -3.62. The van der Waals surface area contributed by atoms with E-state index in [0.717, 1.165) is 0 Å². The number of methoxy groups -OCH3 is 1. The molecule has 2 rings (SSSR count). The van der Waals surface area contributed by atoms with Gasteiger partial charge < -0.3 is 19.5 Å². The molecule has 1 N–H and O–H groups in total. The third-order valence-electron chi connectivity index (χ3n) is 3.89. The number of amides is 1. The molecule has 2 aromatic carbocycles. The number of nitro groups is 1. The maximum atomic E-state index is 12.8. The van der Waals surface area contributed by atoms with E-state index in [1.165, 1.54) is 43.5 Å². The van der Waals surface area contributed by atoms with Crippen LogP contribution in [0.1, 0.15) is 47.9 Å². The molecule has 0 saturated heterocycles. The van der Waals surface area contributed by atoms with Crippen molar-refractivity contribution in [1.29, 1.82) is 0 Å². The van der Waals surface area contributed by atoms with E-state index < -0.39 is 16.8 Å². The van der Waals surface area contributed by atoms with Crippen LogP contribution in [0.15, 0.2) is 36.4 Å². The summed E-state index contributed by atoms with van der Waals surface area (Å²) in [5.41, 5.74) is 0.581. The molecule has 0 aliphatic rings. The molecule has 2 aromatic rings. The van der Waals surface area contributed by atoms with Gasteiger partial charge in [-0.3, -0.25) is 14.9 Å². The first-order chi connectivity index (χ1) is 14.3. The van der Waals surface area contributed by atoms with Crippen molar-refractivity contribution in [2.45, 2.75) is 33.3 Å². The van der Waals surface area contributed by atoms with Gasteiger partial charge in [0.2, 0.25) is 0 Å². The summed E-state index contributed by atoms with van der Waals surface area (Å²) < 4.78 is 15.8. The molecule has 9 nitrogen and oxygen atoms in total. The summed E-state index contributed by atoms with van der Waals surface area (Å²) in [7, 11) is 1.27. The summed E-state index contributed by atoms with van der Waals surface area (Å²) in [5.74, 6) is -0.722. The third-order valence-corrected chi connectivity index (χ3v) is 3.89. The van der Waals surface area contributed by atoms with Gasteiger partial charge in [0.05, 0.1) is 36.0 Å². The highest BCUT2D eigenvalue weighted by Gasteiger charge is 2.20. The second kappa shape index (κ2) is 10.2. The molecule has 0 aliphatic carbocycles. The number of hydrogen-bond acceptors (Lipinski definition) is 7. The highest BCUT2D eigenvalue weighted by Crippen LogP contribution is 2.31. The van der Waals surface area contributed by atoms with Gasteiger partial charge in [-0.15, -0.1) is 0 Å². The third kappa shape index (κ3) is 5.69. The molecule has 0 atom stereocenters. The Bertz CT molecular complexity index is 941. The fourth-order valence-corrected chi connectivity index (χ4v) is 2.55. The highest BCUT2D eigenvalue weighted by atomic mass is 16.6. The van der Waals surface area contributed by atoms with Gasteiger partial charge in [0.25, 0.3) is 5.91 Å². The molecule has 0 aliphatic heterocycles. The first-order valence-corrected chi connectivity index (χ1v) is 9.38. The van der Waals surface area contributed by atoms with E-state index in [-0.39, 0.29) is 35.3 Å². The number of carbonyl (C=O) groups excluding carboxylic acids is 2. The Morgan fingerprint density at radius 1 is 1.10 bits per heavy atom. The smallest absolute Gasteiger partial charge is 0.337 e. The largest absolute Gasteiger partial charge is 0.489 e. The van der Waals surface area contributed by atoms with Crippen LogP contribution in [0.25, 0.3) is 0 Å². The summed E-state index contributed by atoms with van der Waals surface area (Å²) in [6, 6.07) is 8.41. The van der Waals surface area contributed by atoms with E-state index in [9.17, 15) is 19.7 Å². The molecule has 0 aromatic heterocycles. The molecule has 0 saturated carbocycles. The number of nitro benzene ring substituents is 1.